The van der Waals surface area contributed by atoms with Gasteiger partial charge in [0, 0.05) is 31.8 Å². The molecule has 250 valence electrons. The minimum Gasteiger partial charge on any atom is -0.459 e. The smallest absolute Gasteiger partial charge is 0.342 e. The zero-order chi connectivity index (χ0) is 33.3. The lowest BCUT2D eigenvalue weighted by Gasteiger charge is -2.39. The molecule has 0 aromatic rings. The topological polar surface area (TPSA) is 144 Å². The molecule has 0 bridgehead atoms. The first-order chi connectivity index (χ1) is 21.2. The van der Waals surface area contributed by atoms with Gasteiger partial charge in [-0.25, -0.2) is 9.59 Å². The van der Waals surface area contributed by atoms with Gasteiger partial charge in [0.25, 0.3) is 0 Å². The molecule has 2 saturated heterocycles. The summed E-state index contributed by atoms with van der Waals surface area (Å²) in [4.78, 5) is 65.3. The molecule has 4 rings (SSSR count). The number of epoxide rings is 1. The number of fused-ring (bicyclic) bond motifs is 2. The van der Waals surface area contributed by atoms with Crippen LogP contribution in [0.2, 0.25) is 0 Å². The van der Waals surface area contributed by atoms with Gasteiger partial charge in [-0.3, -0.25) is 14.4 Å². The summed E-state index contributed by atoms with van der Waals surface area (Å²) in [5.41, 5.74) is -2.96. The zero-order valence-corrected chi connectivity index (χ0v) is 27.8. The molecule has 0 radical (unpaired) electrons. The highest BCUT2D eigenvalue weighted by Crippen LogP contribution is 2.67. The Morgan fingerprint density at radius 1 is 0.933 bits per heavy atom. The molecule has 0 N–H and O–H groups in total. The van der Waals surface area contributed by atoms with Crippen LogP contribution in [0.3, 0.4) is 0 Å². The molecule has 0 aromatic heterocycles. The van der Waals surface area contributed by atoms with E-state index in [0.29, 0.717) is 29.6 Å². The summed E-state index contributed by atoms with van der Waals surface area (Å²) in [7, 11) is 0. The molecule has 0 amide bonds. The van der Waals surface area contributed by atoms with Crippen LogP contribution in [0.15, 0.2) is 22.8 Å². The fourth-order valence-electron chi connectivity index (χ4n) is 7.34. The second kappa shape index (κ2) is 13.3. The van der Waals surface area contributed by atoms with E-state index in [1.165, 1.54) is 6.92 Å². The van der Waals surface area contributed by atoms with Gasteiger partial charge >= 0.3 is 29.8 Å². The van der Waals surface area contributed by atoms with Crippen LogP contribution in [-0.2, 0) is 52.4 Å². The Hall–Kier alpha value is -3.21. The minimum absolute atomic E-state index is 0.0775. The molecular formula is C34H48O11. The number of unbranched alkanes of at least 4 members (excludes halogenated alkanes) is 4. The first kappa shape index (κ1) is 34.7. The second-order valence-corrected chi connectivity index (χ2v) is 13.1. The molecule has 11 nitrogen and oxygen atoms in total. The third-order valence-electron chi connectivity index (χ3n) is 9.78. The van der Waals surface area contributed by atoms with E-state index in [4.69, 9.17) is 28.4 Å². The van der Waals surface area contributed by atoms with Crippen molar-refractivity contribution in [3.8, 4) is 0 Å². The van der Waals surface area contributed by atoms with Crippen LogP contribution in [0.1, 0.15) is 113 Å². The van der Waals surface area contributed by atoms with Gasteiger partial charge in [-0.05, 0) is 58.6 Å². The first-order valence-electron chi connectivity index (χ1n) is 16.2. The van der Waals surface area contributed by atoms with Gasteiger partial charge in [-0.1, -0.05) is 45.6 Å². The van der Waals surface area contributed by atoms with Crippen molar-refractivity contribution in [1.82, 2.24) is 0 Å². The summed E-state index contributed by atoms with van der Waals surface area (Å²) >= 11 is 0. The van der Waals surface area contributed by atoms with E-state index < -0.39 is 77.0 Å². The van der Waals surface area contributed by atoms with Crippen LogP contribution >= 0.6 is 0 Å². The second-order valence-electron chi connectivity index (χ2n) is 13.1. The fraction of sp³-hybridized carbons (Fsp3) is 0.735. The Labute approximate surface area is 265 Å². The monoisotopic (exact) mass is 632 g/mol. The van der Waals surface area contributed by atoms with Gasteiger partial charge in [0.1, 0.15) is 11.7 Å². The molecule has 11 heteroatoms. The zero-order valence-electron chi connectivity index (χ0n) is 27.8. The van der Waals surface area contributed by atoms with E-state index >= 15 is 0 Å². The molecule has 2 aliphatic carbocycles. The summed E-state index contributed by atoms with van der Waals surface area (Å²) in [6.45, 7) is 13.5. The van der Waals surface area contributed by atoms with Crippen molar-refractivity contribution in [2.24, 2.45) is 5.92 Å². The van der Waals surface area contributed by atoms with Crippen molar-refractivity contribution in [2.45, 2.75) is 154 Å². The highest BCUT2D eigenvalue weighted by molar-refractivity contribution is 5.90. The van der Waals surface area contributed by atoms with Gasteiger partial charge in [0.2, 0.25) is 0 Å². The Morgan fingerprint density at radius 3 is 2.20 bits per heavy atom. The van der Waals surface area contributed by atoms with Crippen LogP contribution < -0.4 is 0 Å². The van der Waals surface area contributed by atoms with E-state index in [9.17, 15) is 24.0 Å². The standard InChI is InChI=1S/C34H48O11/c1-9-12-13-14-15-17-24(37)41-28-26-25(20(5)27(28)42-30(38)19(4)11-3)29-34(33(8,45-34)31(39)43-29)22(40-23(36)16-10-2)18-32(26,7)44-21(6)35/h11,22,26-29H,9-10,12-18H2,1-8H3/b19-11-/t22-,26+,27-,28-,29-,32-,33-,34+/m1/s1. The summed E-state index contributed by atoms with van der Waals surface area (Å²) in [6.07, 6.45) is 2.72. The highest BCUT2D eigenvalue weighted by atomic mass is 16.7. The molecule has 0 unspecified atom stereocenters. The van der Waals surface area contributed by atoms with Crippen molar-refractivity contribution in [3.63, 3.8) is 0 Å². The van der Waals surface area contributed by atoms with Crippen molar-refractivity contribution in [3.05, 3.63) is 22.8 Å². The summed E-state index contributed by atoms with van der Waals surface area (Å²) < 4.78 is 36.4. The van der Waals surface area contributed by atoms with E-state index in [1.807, 2.05) is 6.92 Å². The van der Waals surface area contributed by atoms with Crippen LogP contribution in [0.4, 0.5) is 0 Å². The Balaban J connectivity index is 1.83. The van der Waals surface area contributed by atoms with Crippen molar-refractivity contribution in [1.29, 1.82) is 0 Å². The Bertz CT molecular complexity index is 1280. The molecule has 1 saturated carbocycles. The summed E-state index contributed by atoms with van der Waals surface area (Å²) in [5, 5.41) is 0. The fourth-order valence-corrected chi connectivity index (χ4v) is 7.34. The highest BCUT2D eigenvalue weighted by Gasteiger charge is 2.88. The molecule has 45 heavy (non-hydrogen) atoms. The SMILES string of the molecule is C/C=C(/C)C(=O)O[C@@H]1C(C)=C2[C@H]3OC(=O)[C@@]4(C)O[C@@]34[C@H](OC(=O)CCC)C[C@@](C)(OC(C)=O)[C@@H]2[C@H]1OC(=O)CCCCCCC. The number of rotatable bonds is 13. The quantitative estimate of drug-likeness (QED) is 0.0677. The number of carbonyl (C=O) groups excluding carboxylic acids is 5. The van der Waals surface area contributed by atoms with Crippen molar-refractivity contribution in [2.75, 3.05) is 0 Å². The Morgan fingerprint density at radius 2 is 1.60 bits per heavy atom. The van der Waals surface area contributed by atoms with Crippen molar-refractivity contribution >= 4 is 29.8 Å². The molecule has 2 aliphatic heterocycles. The predicted octanol–water partition coefficient (Wildman–Crippen LogP) is 4.97. The maximum atomic E-state index is 13.4. The van der Waals surface area contributed by atoms with Crippen molar-refractivity contribution < 1.29 is 52.4 Å². The third-order valence-corrected chi connectivity index (χ3v) is 9.78. The maximum Gasteiger partial charge on any atom is 0.342 e. The Kier molecular flexibility index (Phi) is 10.2. The summed E-state index contributed by atoms with van der Waals surface area (Å²) in [6, 6.07) is 0. The number of ether oxygens (including phenoxy) is 6. The van der Waals surface area contributed by atoms with Crippen LogP contribution in [0.25, 0.3) is 0 Å². The van der Waals surface area contributed by atoms with E-state index in [-0.39, 0.29) is 19.3 Å². The van der Waals surface area contributed by atoms with E-state index in [1.54, 1.807) is 40.7 Å². The van der Waals surface area contributed by atoms with Crippen LogP contribution in [0, 0.1) is 5.92 Å². The van der Waals surface area contributed by atoms with Gasteiger partial charge < -0.3 is 28.4 Å². The summed E-state index contributed by atoms with van der Waals surface area (Å²) in [5.74, 6) is -3.72. The van der Waals surface area contributed by atoms with Gasteiger partial charge in [0.15, 0.2) is 29.5 Å². The molecule has 1 spiro atoms. The molecule has 3 fully saturated rings. The largest absolute Gasteiger partial charge is 0.459 e. The van der Waals surface area contributed by atoms with Crippen LogP contribution in [0.5, 0.6) is 0 Å². The average Bonchev–Trinajstić information content (AvgIpc) is 3.47. The average molecular weight is 633 g/mol. The molecule has 4 aliphatic rings. The lowest BCUT2D eigenvalue weighted by atomic mass is 9.79. The lowest BCUT2D eigenvalue weighted by Crippen LogP contribution is -2.51. The van der Waals surface area contributed by atoms with E-state index in [0.717, 1.165) is 25.7 Å². The lowest BCUT2D eigenvalue weighted by molar-refractivity contribution is -0.184. The minimum atomic E-state index is -1.44. The number of allylic oxidation sites excluding steroid dienone is 1. The van der Waals surface area contributed by atoms with Gasteiger partial charge in [0.05, 0.1) is 5.92 Å². The number of hydrogen-bond acceptors (Lipinski definition) is 11. The van der Waals surface area contributed by atoms with Gasteiger partial charge in [-0.2, -0.15) is 0 Å². The predicted molar refractivity (Wildman–Crippen MR) is 160 cm³/mol. The number of hydrogen-bond donors (Lipinski definition) is 0. The number of carbonyl (C=O) groups is 5. The maximum absolute atomic E-state index is 13.4. The first-order valence-corrected chi connectivity index (χ1v) is 16.2. The molecule has 0 aromatic carbocycles. The van der Waals surface area contributed by atoms with Gasteiger partial charge in [-0.15, -0.1) is 0 Å². The third kappa shape index (κ3) is 6.16. The molecular weight excluding hydrogens is 584 g/mol. The molecule has 8 atom stereocenters. The van der Waals surface area contributed by atoms with E-state index in [2.05, 4.69) is 6.92 Å². The number of esters is 5. The van der Waals surface area contributed by atoms with Crippen LogP contribution in [-0.4, -0.2) is 71.1 Å². The normalized spacial score (nSPS) is 35.0. The molecule has 2 heterocycles.